The first-order chi connectivity index (χ1) is 9.74. The zero-order chi connectivity index (χ0) is 13.9. The van der Waals surface area contributed by atoms with Crippen molar-refractivity contribution in [1.29, 1.82) is 0 Å². The Morgan fingerprint density at radius 2 is 2.15 bits per heavy atom. The van der Waals surface area contributed by atoms with Crippen molar-refractivity contribution in [3.8, 4) is 0 Å². The van der Waals surface area contributed by atoms with E-state index < -0.39 is 5.97 Å². The molecule has 1 amide bonds. The van der Waals surface area contributed by atoms with Crippen LogP contribution in [-0.4, -0.2) is 48.6 Å². The van der Waals surface area contributed by atoms with E-state index in [0.29, 0.717) is 5.70 Å². The smallest absolute Gasteiger partial charge is 0.354 e. The third kappa shape index (κ3) is 2.64. The van der Waals surface area contributed by atoms with Gasteiger partial charge in [-0.15, -0.1) is 0 Å². The third-order valence-corrected chi connectivity index (χ3v) is 3.78. The Kier molecular flexibility index (Phi) is 3.62. The van der Waals surface area contributed by atoms with Gasteiger partial charge in [0, 0.05) is 13.1 Å². The molecule has 3 aliphatic heterocycles. The van der Waals surface area contributed by atoms with E-state index in [1.807, 2.05) is 6.08 Å². The van der Waals surface area contributed by atoms with E-state index in [1.165, 1.54) is 0 Å². The van der Waals surface area contributed by atoms with Crippen molar-refractivity contribution in [1.82, 2.24) is 10.2 Å². The van der Waals surface area contributed by atoms with Crippen molar-refractivity contribution >= 4 is 11.9 Å². The quantitative estimate of drug-likeness (QED) is 0.753. The van der Waals surface area contributed by atoms with Crippen LogP contribution < -0.4 is 5.32 Å². The summed E-state index contributed by atoms with van der Waals surface area (Å²) in [5.74, 6) is -0.616. The molecule has 0 saturated carbocycles. The predicted molar refractivity (Wildman–Crippen MR) is 70.4 cm³/mol. The summed E-state index contributed by atoms with van der Waals surface area (Å²) in [6, 6.07) is -0.00431. The molecule has 0 aromatic heterocycles. The minimum atomic E-state index is -0.498. The minimum Gasteiger partial charge on any atom is -0.492 e. The monoisotopic (exact) mass is 278 g/mol. The molecular weight excluding hydrogens is 260 g/mol. The van der Waals surface area contributed by atoms with Crippen LogP contribution in [0.1, 0.15) is 19.3 Å². The molecule has 3 heterocycles. The lowest BCUT2D eigenvalue weighted by Gasteiger charge is -2.26. The van der Waals surface area contributed by atoms with Crippen molar-refractivity contribution in [2.24, 2.45) is 0 Å². The molecule has 2 unspecified atom stereocenters. The van der Waals surface area contributed by atoms with Gasteiger partial charge in [-0.25, -0.2) is 4.79 Å². The molecule has 0 radical (unpaired) electrons. The normalized spacial score (nSPS) is 27.4. The Morgan fingerprint density at radius 3 is 2.90 bits per heavy atom. The fourth-order valence-corrected chi connectivity index (χ4v) is 2.65. The van der Waals surface area contributed by atoms with Crippen LogP contribution in [0.25, 0.3) is 0 Å². The third-order valence-electron chi connectivity index (χ3n) is 3.78. The number of ether oxygens (including phenoxy) is 2. The summed E-state index contributed by atoms with van der Waals surface area (Å²) in [5.41, 5.74) is 0.371. The van der Waals surface area contributed by atoms with Crippen LogP contribution in [0.2, 0.25) is 0 Å². The molecule has 1 N–H and O–H groups in total. The lowest BCUT2D eigenvalue weighted by Crippen LogP contribution is -2.39. The number of esters is 1. The van der Waals surface area contributed by atoms with E-state index in [0.717, 1.165) is 32.4 Å². The number of carbonyl (C=O) groups excluding carboxylic acids is 2. The van der Waals surface area contributed by atoms with Crippen LogP contribution >= 0.6 is 0 Å². The van der Waals surface area contributed by atoms with Crippen LogP contribution in [0.5, 0.6) is 0 Å². The van der Waals surface area contributed by atoms with E-state index in [4.69, 9.17) is 9.47 Å². The molecule has 20 heavy (non-hydrogen) atoms. The van der Waals surface area contributed by atoms with Gasteiger partial charge in [-0.2, -0.15) is 0 Å². The maximum atomic E-state index is 11.9. The fourth-order valence-electron chi connectivity index (χ4n) is 2.65. The number of amides is 1. The average Bonchev–Trinajstić information content (AvgIpc) is 3.06. The van der Waals surface area contributed by atoms with Crippen LogP contribution in [0.3, 0.4) is 0 Å². The molecule has 0 aliphatic carbocycles. The fraction of sp³-hybridized carbons (Fsp3) is 0.571. The summed E-state index contributed by atoms with van der Waals surface area (Å²) in [4.78, 5) is 25.5. The van der Waals surface area contributed by atoms with E-state index in [-0.39, 0.29) is 24.7 Å². The van der Waals surface area contributed by atoms with E-state index in [9.17, 15) is 9.59 Å². The van der Waals surface area contributed by atoms with Crippen LogP contribution in [-0.2, 0) is 19.1 Å². The highest BCUT2D eigenvalue weighted by Crippen LogP contribution is 2.20. The molecule has 108 valence electrons. The summed E-state index contributed by atoms with van der Waals surface area (Å²) in [7, 11) is 0. The van der Waals surface area contributed by atoms with Gasteiger partial charge in [-0.3, -0.25) is 4.79 Å². The maximum Gasteiger partial charge on any atom is 0.354 e. The topological polar surface area (TPSA) is 67.9 Å². The average molecular weight is 278 g/mol. The Balaban J connectivity index is 1.46. The summed E-state index contributed by atoms with van der Waals surface area (Å²) in [6.07, 6.45) is 8.23. The van der Waals surface area contributed by atoms with E-state index in [1.54, 1.807) is 17.2 Å². The number of fused-ring (bicyclic) bond motifs is 1. The predicted octanol–water partition coefficient (Wildman–Crippen LogP) is 0.310. The summed E-state index contributed by atoms with van der Waals surface area (Å²) in [6.45, 7) is 1.34. The molecule has 1 saturated heterocycles. The Labute approximate surface area is 117 Å². The molecule has 0 bridgehead atoms. The zero-order valence-electron chi connectivity index (χ0n) is 11.2. The molecule has 1 fully saturated rings. The maximum absolute atomic E-state index is 11.9. The minimum absolute atomic E-state index is 0.00431. The Hall–Kier alpha value is -1.98. The summed E-state index contributed by atoms with van der Waals surface area (Å²) >= 11 is 0. The van der Waals surface area contributed by atoms with Gasteiger partial charge in [-0.1, -0.05) is 0 Å². The van der Waals surface area contributed by atoms with Gasteiger partial charge in [-0.05, 0) is 31.4 Å². The second-order valence-corrected chi connectivity index (χ2v) is 5.20. The van der Waals surface area contributed by atoms with Gasteiger partial charge in [0.2, 0.25) is 0 Å². The number of nitrogens with zero attached hydrogens (tertiary/aromatic N) is 1. The molecule has 6 heteroatoms. The molecule has 3 aliphatic rings. The molecule has 6 nitrogen and oxygen atoms in total. The Bertz CT molecular complexity index is 466. The van der Waals surface area contributed by atoms with Crippen molar-refractivity contribution in [2.75, 3.05) is 19.7 Å². The van der Waals surface area contributed by atoms with E-state index in [2.05, 4.69) is 5.32 Å². The number of piperidine rings is 1. The number of likely N-dealkylation sites (tertiary alicyclic amines) is 1. The molecule has 0 aromatic carbocycles. The lowest BCUT2D eigenvalue weighted by molar-refractivity contribution is -0.149. The van der Waals surface area contributed by atoms with Gasteiger partial charge in [0.15, 0.2) is 6.61 Å². The van der Waals surface area contributed by atoms with Crippen LogP contribution in [0.15, 0.2) is 24.1 Å². The van der Waals surface area contributed by atoms with Crippen LogP contribution in [0, 0.1) is 0 Å². The van der Waals surface area contributed by atoms with Crippen LogP contribution in [0.4, 0.5) is 0 Å². The summed E-state index contributed by atoms with van der Waals surface area (Å²) < 4.78 is 10.3. The summed E-state index contributed by atoms with van der Waals surface area (Å²) in [5, 5.41) is 3.01. The number of rotatable bonds is 3. The first-order valence-corrected chi connectivity index (χ1v) is 6.99. The van der Waals surface area contributed by atoms with Gasteiger partial charge in [0.1, 0.15) is 11.8 Å². The van der Waals surface area contributed by atoms with Gasteiger partial charge in [0.25, 0.3) is 5.91 Å². The lowest BCUT2D eigenvalue weighted by atomic mass is 10.1. The number of nitrogens with one attached hydrogen (secondary N) is 1. The standard InChI is InChI=1S/C14H18N2O4/c17-13(16-5-2-1-3-6-16)9-20-14(18)11-8-12-10(15-11)4-7-19-12/h4,7-8,10,12,15H,1-3,5-6,9H2. The second-order valence-electron chi connectivity index (χ2n) is 5.20. The highest BCUT2D eigenvalue weighted by atomic mass is 16.5. The highest BCUT2D eigenvalue weighted by Gasteiger charge is 2.33. The largest absolute Gasteiger partial charge is 0.492 e. The van der Waals surface area contributed by atoms with Gasteiger partial charge in [0.05, 0.1) is 12.3 Å². The van der Waals surface area contributed by atoms with E-state index >= 15 is 0 Å². The first-order valence-electron chi connectivity index (χ1n) is 6.99. The zero-order valence-corrected chi connectivity index (χ0v) is 11.2. The molecule has 2 atom stereocenters. The SMILES string of the molecule is O=C(OCC(=O)N1CCCCC1)C1=CC2OC=CC2N1. The molecule has 0 spiro atoms. The number of hydrogen-bond donors (Lipinski definition) is 1. The number of hydrogen-bond acceptors (Lipinski definition) is 5. The first kappa shape index (κ1) is 13.0. The number of carbonyl (C=O) groups is 2. The molecule has 3 rings (SSSR count). The van der Waals surface area contributed by atoms with Gasteiger partial charge < -0.3 is 19.7 Å². The second kappa shape index (κ2) is 5.56. The van der Waals surface area contributed by atoms with Gasteiger partial charge >= 0.3 is 5.97 Å². The Morgan fingerprint density at radius 1 is 1.35 bits per heavy atom. The molecular formula is C14H18N2O4. The highest BCUT2D eigenvalue weighted by molar-refractivity contribution is 5.90. The van der Waals surface area contributed by atoms with Crippen molar-refractivity contribution in [3.63, 3.8) is 0 Å². The van der Waals surface area contributed by atoms with Crippen molar-refractivity contribution in [3.05, 3.63) is 24.1 Å². The molecule has 0 aromatic rings. The van der Waals surface area contributed by atoms with Crippen molar-refractivity contribution < 1.29 is 19.1 Å². The van der Waals surface area contributed by atoms with Crippen molar-refractivity contribution in [2.45, 2.75) is 31.4 Å².